The molecule has 0 fully saturated rings. The first-order valence-corrected chi connectivity index (χ1v) is 12.1. The highest BCUT2D eigenvalue weighted by Gasteiger charge is 2.40. The number of carbonyl (C=O) groups excluding carboxylic acids is 1. The highest BCUT2D eigenvalue weighted by molar-refractivity contribution is 6.31. The Morgan fingerprint density at radius 2 is 2.03 bits per heavy atom. The zero-order valence-electron chi connectivity index (χ0n) is 20.9. The van der Waals surface area contributed by atoms with Gasteiger partial charge in [0.25, 0.3) is 0 Å². The van der Waals surface area contributed by atoms with Crippen LogP contribution in [-0.2, 0) is 11.2 Å². The van der Waals surface area contributed by atoms with Crippen molar-refractivity contribution in [2.45, 2.75) is 45.5 Å². The molecule has 7 nitrogen and oxygen atoms in total. The minimum atomic E-state index is -4.62. The summed E-state index contributed by atoms with van der Waals surface area (Å²) in [6.45, 7) is 4.48. The summed E-state index contributed by atoms with van der Waals surface area (Å²) in [6.07, 6.45) is -5.75. The summed E-state index contributed by atoms with van der Waals surface area (Å²) in [7, 11) is 1.54. The van der Waals surface area contributed by atoms with Gasteiger partial charge in [-0.2, -0.15) is 18.3 Å². The second-order valence-corrected chi connectivity index (χ2v) is 9.00. The number of amidine groups is 1. The van der Waals surface area contributed by atoms with E-state index in [0.717, 1.165) is 6.92 Å². The number of aliphatic hydroxyl groups excluding tert-OH is 1. The molecule has 37 heavy (non-hydrogen) atoms. The molecule has 202 valence electrons. The highest BCUT2D eigenvalue weighted by Crippen LogP contribution is 2.46. The van der Waals surface area contributed by atoms with Crippen molar-refractivity contribution >= 4 is 35.2 Å². The predicted molar refractivity (Wildman–Crippen MR) is 135 cm³/mol. The summed E-state index contributed by atoms with van der Waals surface area (Å²) in [6, 6.07) is 6.89. The average molecular weight is 545 g/mol. The highest BCUT2D eigenvalue weighted by atomic mass is 35.5. The van der Waals surface area contributed by atoms with Gasteiger partial charge in [-0.25, -0.2) is 4.39 Å². The van der Waals surface area contributed by atoms with E-state index < -0.39 is 30.7 Å². The van der Waals surface area contributed by atoms with Gasteiger partial charge in [0.1, 0.15) is 18.2 Å². The van der Waals surface area contributed by atoms with Crippen molar-refractivity contribution in [3.05, 3.63) is 52.3 Å². The van der Waals surface area contributed by atoms with Crippen LogP contribution < -0.4 is 14.6 Å². The maximum atomic E-state index is 14.7. The van der Waals surface area contributed by atoms with Gasteiger partial charge in [0, 0.05) is 36.8 Å². The topological polar surface area (TPSA) is 68.6 Å². The van der Waals surface area contributed by atoms with E-state index in [-0.39, 0.29) is 28.7 Å². The quantitative estimate of drug-likeness (QED) is 0.155. The molecule has 3 rings (SSSR count). The number of amides is 1. The normalized spacial score (nSPS) is 15.3. The van der Waals surface area contributed by atoms with Crippen molar-refractivity contribution < 1.29 is 32.2 Å². The standard InChI is InChI=1S/C25H29ClF4N4O3/c1-5-33(14-36)22(13-35)31-32(4)18-11-17-9-10-34(15(2)23-19(26)7-6-8-20(23)27)24(17)21(12-18)37-16(3)25(28,29)30/h6-8,11-12,14-16,35H,5,9-10,13H2,1-4H3/b31-22-. The lowest BCUT2D eigenvalue weighted by Crippen LogP contribution is -2.34. The molecule has 1 aliphatic rings. The minimum absolute atomic E-state index is 0.0514. The van der Waals surface area contributed by atoms with E-state index in [1.165, 1.54) is 28.1 Å². The molecule has 0 aromatic heterocycles. The van der Waals surface area contributed by atoms with Crippen LogP contribution >= 0.6 is 11.6 Å². The molecule has 0 radical (unpaired) electrons. The molecular weight excluding hydrogens is 516 g/mol. The fourth-order valence-electron chi connectivity index (χ4n) is 4.23. The number of nitrogens with zero attached hydrogens (tertiary/aromatic N) is 4. The van der Waals surface area contributed by atoms with Gasteiger partial charge < -0.3 is 14.7 Å². The molecule has 2 aromatic rings. The minimum Gasteiger partial charge on any atom is -0.479 e. The van der Waals surface area contributed by atoms with Crippen molar-refractivity contribution in [3.8, 4) is 5.75 Å². The third-order valence-electron chi connectivity index (χ3n) is 6.28. The number of alkyl halides is 3. The van der Waals surface area contributed by atoms with E-state index in [4.69, 9.17) is 16.3 Å². The lowest BCUT2D eigenvalue weighted by atomic mass is 10.1. The van der Waals surface area contributed by atoms with E-state index in [9.17, 15) is 27.5 Å². The van der Waals surface area contributed by atoms with E-state index in [0.29, 0.717) is 36.3 Å². The number of anilines is 2. The van der Waals surface area contributed by atoms with Crippen LogP contribution in [0.25, 0.3) is 0 Å². The van der Waals surface area contributed by atoms with Gasteiger partial charge in [-0.1, -0.05) is 17.7 Å². The first kappa shape index (κ1) is 28.5. The van der Waals surface area contributed by atoms with Crippen molar-refractivity contribution in [1.82, 2.24) is 4.90 Å². The van der Waals surface area contributed by atoms with Crippen LogP contribution in [0.3, 0.4) is 0 Å². The zero-order valence-corrected chi connectivity index (χ0v) is 21.6. The van der Waals surface area contributed by atoms with Gasteiger partial charge in [-0.15, -0.1) is 0 Å². The second kappa shape index (κ2) is 11.6. The maximum absolute atomic E-state index is 14.7. The van der Waals surface area contributed by atoms with Crippen molar-refractivity contribution in [1.29, 1.82) is 0 Å². The molecule has 0 saturated carbocycles. The Morgan fingerprint density at radius 1 is 1.32 bits per heavy atom. The number of carbonyl (C=O) groups is 1. The Morgan fingerprint density at radius 3 is 2.59 bits per heavy atom. The number of aliphatic hydroxyl groups is 1. The smallest absolute Gasteiger partial charge is 0.425 e. The Labute approximate surface area is 217 Å². The number of benzene rings is 2. The van der Waals surface area contributed by atoms with Crippen LogP contribution in [0.15, 0.2) is 35.4 Å². The molecule has 1 amide bonds. The van der Waals surface area contributed by atoms with Gasteiger partial charge in [0.15, 0.2) is 11.9 Å². The van der Waals surface area contributed by atoms with Crippen LogP contribution in [0.1, 0.15) is 37.9 Å². The molecule has 1 aliphatic heterocycles. The largest absolute Gasteiger partial charge is 0.479 e. The van der Waals surface area contributed by atoms with Crippen LogP contribution in [0, 0.1) is 5.82 Å². The van der Waals surface area contributed by atoms with E-state index in [2.05, 4.69) is 5.10 Å². The van der Waals surface area contributed by atoms with Gasteiger partial charge in [0.05, 0.1) is 17.4 Å². The van der Waals surface area contributed by atoms with Crippen molar-refractivity contribution in [2.24, 2.45) is 5.10 Å². The third-order valence-corrected chi connectivity index (χ3v) is 6.61. The van der Waals surface area contributed by atoms with Gasteiger partial charge in [-0.05, 0) is 51.0 Å². The number of likely N-dealkylation sites (N-methyl/N-ethyl adjacent to an activating group) is 1. The third kappa shape index (κ3) is 6.10. The fraction of sp³-hybridized carbons (Fsp3) is 0.440. The SMILES string of the molecule is CCN(C=O)/C(CO)=N\N(C)c1cc2c(c(OC(C)C(F)(F)F)c1)N(C(C)c1c(F)cccc1Cl)CC2. The second-order valence-electron chi connectivity index (χ2n) is 8.60. The van der Waals surface area contributed by atoms with Gasteiger partial charge >= 0.3 is 6.18 Å². The molecule has 12 heteroatoms. The Hall–Kier alpha value is -3.05. The van der Waals surface area contributed by atoms with Gasteiger partial charge in [0.2, 0.25) is 6.41 Å². The predicted octanol–water partition coefficient (Wildman–Crippen LogP) is 5.15. The van der Waals surface area contributed by atoms with Crippen molar-refractivity contribution in [3.63, 3.8) is 0 Å². The fourth-order valence-corrected chi connectivity index (χ4v) is 4.56. The number of rotatable bonds is 9. The van der Waals surface area contributed by atoms with E-state index in [1.807, 2.05) is 0 Å². The molecule has 2 unspecified atom stereocenters. The summed E-state index contributed by atoms with van der Waals surface area (Å²) in [4.78, 5) is 14.3. The van der Waals surface area contributed by atoms with Crippen LogP contribution in [0.2, 0.25) is 5.02 Å². The molecule has 0 spiro atoms. The summed E-state index contributed by atoms with van der Waals surface area (Å²) < 4.78 is 60.5. The molecule has 2 aromatic carbocycles. The Kier molecular flexibility index (Phi) is 8.91. The number of halogens is 5. The summed E-state index contributed by atoms with van der Waals surface area (Å²) >= 11 is 6.27. The number of hydrogen-bond acceptors (Lipinski definition) is 6. The first-order valence-electron chi connectivity index (χ1n) is 11.7. The Bertz CT molecular complexity index is 1140. The monoisotopic (exact) mass is 544 g/mol. The lowest BCUT2D eigenvalue weighted by molar-refractivity contribution is -0.189. The van der Waals surface area contributed by atoms with Crippen LogP contribution in [0.4, 0.5) is 28.9 Å². The Balaban J connectivity index is 2.10. The van der Waals surface area contributed by atoms with Gasteiger partial charge in [-0.3, -0.25) is 14.7 Å². The summed E-state index contributed by atoms with van der Waals surface area (Å²) in [5.74, 6) is -0.502. The lowest BCUT2D eigenvalue weighted by Gasteiger charge is -2.31. The van der Waals surface area contributed by atoms with Crippen LogP contribution in [0.5, 0.6) is 5.75 Å². The molecule has 2 atom stereocenters. The molecule has 1 heterocycles. The molecule has 1 N–H and O–H groups in total. The van der Waals surface area contributed by atoms with Crippen molar-refractivity contribution in [2.75, 3.05) is 36.7 Å². The average Bonchev–Trinajstić information content (AvgIpc) is 3.27. The van der Waals surface area contributed by atoms with E-state index >= 15 is 0 Å². The molecular formula is C25H29ClF4N4O3. The van der Waals surface area contributed by atoms with E-state index in [1.54, 1.807) is 37.9 Å². The molecule has 0 aliphatic carbocycles. The number of ether oxygens (including phenoxy) is 1. The summed E-state index contributed by atoms with van der Waals surface area (Å²) in [5, 5.41) is 15.5. The number of hydrogen-bond donors (Lipinski definition) is 1. The summed E-state index contributed by atoms with van der Waals surface area (Å²) in [5.41, 5.74) is 1.71. The zero-order chi connectivity index (χ0) is 27.5. The number of fused-ring (bicyclic) bond motifs is 1. The maximum Gasteiger partial charge on any atom is 0.425 e. The first-order chi connectivity index (χ1) is 17.4. The number of hydrazone groups is 1. The van der Waals surface area contributed by atoms with Crippen LogP contribution in [-0.4, -0.2) is 61.3 Å². The molecule has 0 saturated heterocycles. The molecule has 0 bridgehead atoms.